The lowest BCUT2D eigenvalue weighted by molar-refractivity contribution is 0.125. The molecule has 0 saturated carbocycles. The lowest BCUT2D eigenvalue weighted by atomic mass is 9.90. The standard InChI is InChI=1S/C23H26N4O5S/c1-31-17-4-6-18(7-5-17)32-23(28)26-14-19(15-26)33(29,30)27-11-8-16(9-12-27)21-13-25-22-20(21)3-2-10-24-22/h2-7,10,13,16,19H,8-9,11-12,14-15H2,1H3,(H,24,25). The number of aromatic amines is 1. The van der Waals surface area contributed by atoms with Crippen molar-refractivity contribution in [1.29, 1.82) is 0 Å². The average molecular weight is 471 g/mol. The Kier molecular flexibility index (Phi) is 5.71. The minimum absolute atomic E-state index is 0.144. The molecule has 0 spiro atoms. The zero-order valence-electron chi connectivity index (χ0n) is 18.3. The molecule has 0 unspecified atom stereocenters. The maximum absolute atomic E-state index is 13.1. The Morgan fingerprint density at radius 3 is 2.48 bits per heavy atom. The normalized spacial score (nSPS) is 18.3. The zero-order chi connectivity index (χ0) is 23.0. The summed E-state index contributed by atoms with van der Waals surface area (Å²) in [5, 5.41) is 0.513. The zero-order valence-corrected chi connectivity index (χ0v) is 19.1. The fourth-order valence-corrected chi connectivity index (χ4v) is 6.41. The number of carbonyl (C=O) groups excluding carboxylic acids is 1. The SMILES string of the molecule is COc1ccc(OC(=O)N2CC(S(=O)(=O)N3CCC(c4c[nH]c5ncccc45)CC3)C2)cc1. The van der Waals surface area contributed by atoms with Crippen LogP contribution in [0.1, 0.15) is 24.3 Å². The van der Waals surface area contributed by atoms with Crippen LogP contribution in [0.4, 0.5) is 4.79 Å². The van der Waals surface area contributed by atoms with Crippen LogP contribution in [-0.2, 0) is 10.0 Å². The smallest absolute Gasteiger partial charge is 0.415 e. The topological polar surface area (TPSA) is 105 Å². The Bertz CT molecular complexity index is 1240. The number of ether oxygens (including phenoxy) is 2. The van der Waals surface area contributed by atoms with E-state index in [1.165, 1.54) is 10.5 Å². The molecule has 2 aliphatic rings. The summed E-state index contributed by atoms with van der Waals surface area (Å²) >= 11 is 0. The number of pyridine rings is 1. The largest absolute Gasteiger partial charge is 0.497 e. The molecule has 174 valence electrons. The van der Waals surface area contributed by atoms with Gasteiger partial charge in [-0.3, -0.25) is 0 Å². The maximum Gasteiger partial charge on any atom is 0.415 e. The third-order valence-corrected chi connectivity index (χ3v) is 8.75. The Morgan fingerprint density at radius 2 is 1.79 bits per heavy atom. The summed E-state index contributed by atoms with van der Waals surface area (Å²) in [6, 6.07) is 10.6. The third kappa shape index (κ3) is 4.16. The molecular weight excluding hydrogens is 444 g/mol. The van der Waals surface area contributed by atoms with E-state index in [1.807, 2.05) is 18.3 Å². The van der Waals surface area contributed by atoms with Crippen molar-refractivity contribution in [2.45, 2.75) is 24.0 Å². The van der Waals surface area contributed by atoms with Gasteiger partial charge in [0.25, 0.3) is 0 Å². The second-order valence-electron chi connectivity index (χ2n) is 8.43. The second-order valence-corrected chi connectivity index (χ2v) is 10.6. The van der Waals surface area contributed by atoms with Crippen LogP contribution in [0.15, 0.2) is 48.8 Å². The van der Waals surface area contributed by atoms with Gasteiger partial charge in [-0.1, -0.05) is 0 Å². The number of benzene rings is 1. The van der Waals surface area contributed by atoms with Crippen molar-refractivity contribution in [2.75, 3.05) is 33.3 Å². The molecular formula is C23H26N4O5S. The highest BCUT2D eigenvalue weighted by Gasteiger charge is 2.44. The summed E-state index contributed by atoms with van der Waals surface area (Å²) in [6.07, 6.45) is 4.73. The van der Waals surface area contributed by atoms with Gasteiger partial charge in [0.2, 0.25) is 10.0 Å². The molecule has 0 radical (unpaired) electrons. The summed E-state index contributed by atoms with van der Waals surface area (Å²) in [5.41, 5.74) is 2.06. The molecule has 0 aliphatic carbocycles. The van der Waals surface area contributed by atoms with E-state index in [9.17, 15) is 13.2 Å². The molecule has 10 heteroatoms. The fourth-order valence-electron chi connectivity index (χ4n) is 4.53. The van der Waals surface area contributed by atoms with Crippen LogP contribution in [0.5, 0.6) is 11.5 Å². The number of carbonyl (C=O) groups is 1. The monoisotopic (exact) mass is 470 g/mol. The first-order valence-corrected chi connectivity index (χ1v) is 12.5. The fraction of sp³-hybridized carbons (Fsp3) is 0.391. The number of hydrogen-bond acceptors (Lipinski definition) is 6. The number of piperidine rings is 1. The first-order valence-electron chi connectivity index (χ1n) is 11.0. The molecule has 4 heterocycles. The van der Waals surface area contributed by atoms with Gasteiger partial charge in [0.15, 0.2) is 0 Å². The molecule has 0 bridgehead atoms. The van der Waals surface area contributed by atoms with Gasteiger partial charge in [0.05, 0.1) is 7.11 Å². The number of likely N-dealkylation sites (tertiary alicyclic amines) is 1. The lowest BCUT2D eigenvalue weighted by Gasteiger charge is -2.41. The maximum atomic E-state index is 13.1. The number of methoxy groups -OCH3 is 1. The van der Waals surface area contributed by atoms with Gasteiger partial charge in [-0.2, -0.15) is 0 Å². The Balaban J connectivity index is 1.15. The van der Waals surface area contributed by atoms with E-state index in [-0.39, 0.29) is 13.1 Å². The van der Waals surface area contributed by atoms with Gasteiger partial charge in [0.1, 0.15) is 22.4 Å². The van der Waals surface area contributed by atoms with Crippen LogP contribution >= 0.6 is 0 Å². The highest BCUT2D eigenvalue weighted by molar-refractivity contribution is 7.89. The highest BCUT2D eigenvalue weighted by atomic mass is 32.2. The van der Waals surface area contributed by atoms with Crippen LogP contribution in [0.25, 0.3) is 11.0 Å². The number of nitrogens with one attached hydrogen (secondary N) is 1. The number of amides is 1. The number of sulfonamides is 1. The molecule has 5 rings (SSSR count). The van der Waals surface area contributed by atoms with Gasteiger partial charge < -0.3 is 19.4 Å². The van der Waals surface area contributed by atoms with Gasteiger partial charge in [0, 0.05) is 44.0 Å². The van der Waals surface area contributed by atoms with Crippen LogP contribution in [0, 0.1) is 0 Å². The van der Waals surface area contributed by atoms with Gasteiger partial charge in [-0.25, -0.2) is 22.5 Å². The molecule has 3 aromatic rings. The van der Waals surface area contributed by atoms with Crippen molar-refractivity contribution in [1.82, 2.24) is 19.2 Å². The molecule has 33 heavy (non-hydrogen) atoms. The Hall–Kier alpha value is -3.11. The molecule has 0 atom stereocenters. The van der Waals surface area contributed by atoms with Crippen molar-refractivity contribution in [3.63, 3.8) is 0 Å². The number of H-pyrrole nitrogens is 1. The number of fused-ring (bicyclic) bond motifs is 1. The molecule has 1 amide bonds. The number of nitrogens with zero attached hydrogens (tertiary/aromatic N) is 3. The van der Waals surface area contributed by atoms with E-state index in [0.29, 0.717) is 30.5 Å². The molecule has 1 aromatic carbocycles. The van der Waals surface area contributed by atoms with E-state index in [2.05, 4.69) is 9.97 Å². The van der Waals surface area contributed by atoms with Crippen LogP contribution in [-0.4, -0.2) is 72.2 Å². The number of rotatable bonds is 5. The van der Waals surface area contributed by atoms with Crippen LogP contribution < -0.4 is 9.47 Å². The summed E-state index contributed by atoms with van der Waals surface area (Å²) < 4.78 is 38.2. The van der Waals surface area contributed by atoms with Crippen molar-refractivity contribution < 1.29 is 22.7 Å². The lowest BCUT2D eigenvalue weighted by Crippen LogP contribution is -2.61. The first kappa shape index (κ1) is 21.7. The van der Waals surface area contributed by atoms with Crippen molar-refractivity contribution in [3.8, 4) is 11.5 Å². The van der Waals surface area contributed by atoms with Crippen molar-refractivity contribution >= 4 is 27.1 Å². The first-order chi connectivity index (χ1) is 16.0. The van der Waals surface area contributed by atoms with Crippen LogP contribution in [0.2, 0.25) is 0 Å². The summed E-state index contributed by atoms with van der Waals surface area (Å²) in [4.78, 5) is 21.3. The minimum atomic E-state index is -3.46. The molecule has 2 aromatic heterocycles. The van der Waals surface area contributed by atoms with Gasteiger partial charge in [-0.05, 0) is 60.7 Å². The minimum Gasteiger partial charge on any atom is -0.497 e. The molecule has 2 aliphatic heterocycles. The van der Waals surface area contributed by atoms with Gasteiger partial charge >= 0.3 is 6.09 Å². The predicted octanol–water partition coefficient (Wildman–Crippen LogP) is 2.96. The van der Waals surface area contributed by atoms with E-state index in [1.54, 1.807) is 41.9 Å². The molecule has 2 fully saturated rings. The van der Waals surface area contributed by atoms with Gasteiger partial charge in [-0.15, -0.1) is 0 Å². The Labute approximate surface area is 192 Å². The quantitative estimate of drug-likeness (QED) is 0.615. The van der Waals surface area contributed by atoms with E-state index < -0.39 is 21.4 Å². The van der Waals surface area contributed by atoms with Crippen molar-refractivity contribution in [2.24, 2.45) is 0 Å². The molecule has 1 N–H and O–H groups in total. The summed E-state index contributed by atoms with van der Waals surface area (Å²) in [6.45, 7) is 1.25. The van der Waals surface area contributed by atoms with E-state index in [0.717, 1.165) is 23.9 Å². The second kappa shape index (κ2) is 8.68. The number of hydrogen-bond donors (Lipinski definition) is 1. The summed E-state index contributed by atoms with van der Waals surface area (Å²) in [7, 11) is -1.90. The van der Waals surface area contributed by atoms with E-state index >= 15 is 0 Å². The predicted molar refractivity (Wildman–Crippen MR) is 123 cm³/mol. The van der Waals surface area contributed by atoms with Crippen molar-refractivity contribution in [3.05, 3.63) is 54.4 Å². The number of aromatic nitrogens is 2. The summed E-state index contributed by atoms with van der Waals surface area (Å²) in [5.74, 6) is 1.35. The van der Waals surface area contributed by atoms with E-state index in [4.69, 9.17) is 9.47 Å². The van der Waals surface area contributed by atoms with Crippen LogP contribution in [0.3, 0.4) is 0 Å². The third-order valence-electron chi connectivity index (χ3n) is 6.53. The Morgan fingerprint density at radius 1 is 1.09 bits per heavy atom. The average Bonchev–Trinajstić information content (AvgIpc) is 3.23. The molecule has 9 nitrogen and oxygen atoms in total. The molecule has 2 saturated heterocycles. The highest BCUT2D eigenvalue weighted by Crippen LogP contribution is 2.34.